The van der Waals surface area contributed by atoms with Crippen LogP contribution in [0.5, 0.6) is 5.75 Å². The van der Waals surface area contributed by atoms with Crippen LogP contribution in [-0.4, -0.2) is 40.6 Å². The number of nitrogens with one attached hydrogen (secondary N) is 1. The first-order valence-corrected chi connectivity index (χ1v) is 11.5. The minimum absolute atomic E-state index is 0.140. The Bertz CT molecular complexity index is 1360. The SMILES string of the molecule is CCCNC(=O)[C@@H]1CN(C(=O)c2ccc3c(c2)nc(C)n3-c2ccccc2)c2ccccc2O1. The number of hydrogen-bond donors (Lipinski definition) is 1. The van der Waals surface area contributed by atoms with Crippen molar-refractivity contribution in [3.8, 4) is 11.4 Å². The predicted octanol–water partition coefficient (Wildman–Crippen LogP) is 4.27. The van der Waals surface area contributed by atoms with Crippen molar-refractivity contribution in [2.75, 3.05) is 18.0 Å². The fourth-order valence-corrected chi connectivity index (χ4v) is 4.32. The van der Waals surface area contributed by atoms with Crippen LogP contribution in [0.2, 0.25) is 0 Å². The zero-order chi connectivity index (χ0) is 23.7. The molecule has 7 nitrogen and oxygen atoms in total. The van der Waals surface area contributed by atoms with Crippen LogP contribution in [0.15, 0.2) is 72.8 Å². The molecule has 34 heavy (non-hydrogen) atoms. The lowest BCUT2D eigenvalue weighted by Gasteiger charge is -2.34. The van der Waals surface area contributed by atoms with E-state index >= 15 is 0 Å². The molecule has 1 atom stereocenters. The third kappa shape index (κ3) is 3.90. The molecule has 0 fully saturated rings. The van der Waals surface area contributed by atoms with Crippen LogP contribution in [0.25, 0.3) is 16.7 Å². The number of carbonyl (C=O) groups is 2. The van der Waals surface area contributed by atoms with E-state index in [-0.39, 0.29) is 18.4 Å². The summed E-state index contributed by atoms with van der Waals surface area (Å²) in [5.41, 5.74) is 3.85. The monoisotopic (exact) mass is 454 g/mol. The molecule has 0 bridgehead atoms. The molecule has 0 spiro atoms. The van der Waals surface area contributed by atoms with E-state index in [1.807, 2.05) is 80.6 Å². The minimum atomic E-state index is -0.770. The Kier molecular flexibility index (Phi) is 5.76. The molecule has 5 rings (SSSR count). The highest BCUT2D eigenvalue weighted by Crippen LogP contribution is 2.34. The number of benzene rings is 3. The van der Waals surface area contributed by atoms with Gasteiger partial charge >= 0.3 is 0 Å². The van der Waals surface area contributed by atoms with Crippen LogP contribution < -0.4 is 15.0 Å². The number of aromatic nitrogens is 2. The average Bonchev–Trinajstić information content (AvgIpc) is 3.21. The van der Waals surface area contributed by atoms with Gasteiger partial charge in [0.25, 0.3) is 11.8 Å². The smallest absolute Gasteiger partial charge is 0.262 e. The van der Waals surface area contributed by atoms with E-state index in [2.05, 4.69) is 9.88 Å². The number of rotatable bonds is 5. The highest BCUT2D eigenvalue weighted by molar-refractivity contribution is 6.09. The van der Waals surface area contributed by atoms with E-state index in [4.69, 9.17) is 9.72 Å². The molecule has 0 unspecified atom stereocenters. The maximum atomic E-state index is 13.7. The molecular formula is C27H26N4O3. The summed E-state index contributed by atoms with van der Waals surface area (Å²) in [5.74, 6) is 0.943. The summed E-state index contributed by atoms with van der Waals surface area (Å²) >= 11 is 0. The van der Waals surface area contributed by atoms with E-state index in [0.717, 1.165) is 29.0 Å². The van der Waals surface area contributed by atoms with Gasteiger partial charge in [0.05, 0.1) is 23.3 Å². The minimum Gasteiger partial charge on any atom is -0.477 e. The van der Waals surface area contributed by atoms with Crippen LogP contribution in [0, 0.1) is 6.92 Å². The highest BCUT2D eigenvalue weighted by atomic mass is 16.5. The van der Waals surface area contributed by atoms with Gasteiger partial charge in [0, 0.05) is 17.8 Å². The molecule has 1 N–H and O–H groups in total. The van der Waals surface area contributed by atoms with Crippen molar-refractivity contribution < 1.29 is 14.3 Å². The largest absolute Gasteiger partial charge is 0.477 e. The lowest BCUT2D eigenvalue weighted by Crippen LogP contribution is -2.50. The van der Waals surface area contributed by atoms with Gasteiger partial charge in [0.15, 0.2) is 6.10 Å². The first-order valence-electron chi connectivity index (χ1n) is 11.5. The first kappa shape index (κ1) is 21.7. The number of anilines is 1. The van der Waals surface area contributed by atoms with Crippen molar-refractivity contribution in [1.29, 1.82) is 0 Å². The van der Waals surface area contributed by atoms with Crippen LogP contribution in [0.4, 0.5) is 5.69 Å². The molecule has 0 radical (unpaired) electrons. The zero-order valence-electron chi connectivity index (χ0n) is 19.2. The quantitative estimate of drug-likeness (QED) is 0.489. The second-order valence-electron chi connectivity index (χ2n) is 8.31. The number of aryl methyl sites for hydroxylation is 1. The number of carbonyl (C=O) groups excluding carboxylic acids is 2. The van der Waals surface area contributed by atoms with Crippen LogP contribution in [0.3, 0.4) is 0 Å². The van der Waals surface area contributed by atoms with Crippen molar-refractivity contribution >= 4 is 28.5 Å². The third-order valence-corrected chi connectivity index (χ3v) is 5.94. The average molecular weight is 455 g/mol. The van der Waals surface area contributed by atoms with E-state index in [1.165, 1.54) is 0 Å². The van der Waals surface area contributed by atoms with Crippen molar-refractivity contribution in [3.63, 3.8) is 0 Å². The van der Waals surface area contributed by atoms with Gasteiger partial charge in [-0.25, -0.2) is 4.98 Å². The molecule has 1 aromatic heterocycles. The standard InChI is InChI=1S/C27H26N4O3/c1-3-15-28-26(32)25-17-30(23-11-7-8-12-24(23)34-25)27(33)19-13-14-22-21(16-19)29-18(2)31(22)20-9-5-4-6-10-20/h4-14,16,25H,3,15,17H2,1-2H3,(H,28,32)/t25-/m0/s1. The van der Waals surface area contributed by atoms with Gasteiger partial charge in [0.2, 0.25) is 0 Å². The Balaban J connectivity index is 1.49. The Morgan fingerprint density at radius 1 is 1.06 bits per heavy atom. The first-order chi connectivity index (χ1) is 16.6. The summed E-state index contributed by atoms with van der Waals surface area (Å²) in [6, 6.07) is 22.9. The van der Waals surface area contributed by atoms with E-state index < -0.39 is 6.10 Å². The molecule has 1 aliphatic heterocycles. The predicted molar refractivity (Wildman–Crippen MR) is 132 cm³/mol. The molecule has 0 saturated carbocycles. The van der Waals surface area contributed by atoms with Gasteiger partial charge in [-0.2, -0.15) is 0 Å². The molecule has 2 amide bonds. The Hall–Kier alpha value is -4.13. The van der Waals surface area contributed by atoms with E-state index in [1.54, 1.807) is 11.0 Å². The fraction of sp³-hybridized carbons (Fsp3) is 0.222. The maximum Gasteiger partial charge on any atom is 0.262 e. The Morgan fingerprint density at radius 2 is 1.82 bits per heavy atom. The summed E-state index contributed by atoms with van der Waals surface area (Å²) in [5, 5.41) is 2.87. The summed E-state index contributed by atoms with van der Waals surface area (Å²) in [4.78, 5) is 32.6. The molecule has 3 aromatic carbocycles. The molecule has 1 aliphatic rings. The second kappa shape index (κ2) is 9.02. The van der Waals surface area contributed by atoms with Crippen LogP contribution in [-0.2, 0) is 4.79 Å². The molecule has 7 heteroatoms. The topological polar surface area (TPSA) is 76.5 Å². The number of imidazole rings is 1. The van der Waals surface area contributed by atoms with Gasteiger partial charge in [0.1, 0.15) is 11.6 Å². The molecule has 172 valence electrons. The summed E-state index contributed by atoms with van der Waals surface area (Å²) in [6.07, 6.45) is 0.0564. The van der Waals surface area contributed by atoms with Crippen LogP contribution in [0.1, 0.15) is 29.5 Å². The van der Waals surface area contributed by atoms with E-state index in [0.29, 0.717) is 23.5 Å². The highest BCUT2D eigenvalue weighted by Gasteiger charge is 2.34. The lowest BCUT2D eigenvalue weighted by atomic mass is 10.1. The summed E-state index contributed by atoms with van der Waals surface area (Å²) < 4.78 is 7.99. The number of fused-ring (bicyclic) bond motifs is 2. The molecule has 4 aromatic rings. The summed E-state index contributed by atoms with van der Waals surface area (Å²) in [6.45, 7) is 4.64. The molecule has 0 saturated heterocycles. The van der Waals surface area contributed by atoms with Crippen LogP contribution >= 0.6 is 0 Å². The van der Waals surface area contributed by atoms with Crippen molar-refractivity contribution in [3.05, 3.63) is 84.2 Å². The Morgan fingerprint density at radius 3 is 2.62 bits per heavy atom. The zero-order valence-corrected chi connectivity index (χ0v) is 19.2. The Labute approximate surface area is 198 Å². The summed E-state index contributed by atoms with van der Waals surface area (Å²) in [7, 11) is 0. The molecular weight excluding hydrogens is 428 g/mol. The lowest BCUT2D eigenvalue weighted by molar-refractivity contribution is -0.127. The number of hydrogen-bond acceptors (Lipinski definition) is 4. The van der Waals surface area contributed by atoms with Crippen molar-refractivity contribution in [2.45, 2.75) is 26.4 Å². The number of nitrogens with zero attached hydrogens (tertiary/aromatic N) is 3. The second-order valence-corrected chi connectivity index (χ2v) is 8.31. The van der Waals surface area contributed by atoms with Crippen molar-refractivity contribution in [1.82, 2.24) is 14.9 Å². The maximum absolute atomic E-state index is 13.7. The third-order valence-electron chi connectivity index (χ3n) is 5.94. The molecule has 2 heterocycles. The number of para-hydroxylation sites is 3. The van der Waals surface area contributed by atoms with Crippen molar-refractivity contribution in [2.24, 2.45) is 0 Å². The number of amides is 2. The fourth-order valence-electron chi connectivity index (χ4n) is 4.32. The van der Waals surface area contributed by atoms with Gasteiger partial charge in [-0.05, 0) is 55.8 Å². The van der Waals surface area contributed by atoms with Gasteiger partial charge < -0.3 is 15.0 Å². The van der Waals surface area contributed by atoms with Gasteiger partial charge in [-0.15, -0.1) is 0 Å². The molecule has 0 aliphatic carbocycles. The normalized spacial score (nSPS) is 15.0. The number of ether oxygens (including phenoxy) is 1. The van der Waals surface area contributed by atoms with E-state index in [9.17, 15) is 9.59 Å². The van der Waals surface area contributed by atoms with Gasteiger partial charge in [-0.3, -0.25) is 14.2 Å². The van der Waals surface area contributed by atoms with Gasteiger partial charge in [-0.1, -0.05) is 37.3 Å².